The third-order valence-electron chi connectivity index (χ3n) is 2.50. The first kappa shape index (κ1) is 16.4. The summed E-state index contributed by atoms with van der Waals surface area (Å²) in [4.78, 5) is 15.2. The molecule has 0 saturated carbocycles. The van der Waals surface area contributed by atoms with Gasteiger partial charge in [0.1, 0.15) is 11.6 Å². The van der Waals surface area contributed by atoms with Crippen molar-refractivity contribution in [1.82, 2.24) is 0 Å². The van der Waals surface area contributed by atoms with Crippen LogP contribution in [-0.4, -0.2) is 22.9 Å². The van der Waals surface area contributed by atoms with E-state index < -0.39 is 11.9 Å². The Morgan fingerprint density at radius 3 is 2.50 bits per heavy atom. The van der Waals surface area contributed by atoms with Crippen molar-refractivity contribution in [3.8, 4) is 0 Å². The first-order chi connectivity index (χ1) is 8.46. The maximum atomic E-state index is 11.5. The van der Waals surface area contributed by atoms with Crippen LogP contribution in [0.15, 0.2) is 28.5 Å². The molecule has 0 saturated heterocycles. The SMILES string of the molecule is C/C=C(CC)/C(O)=C/C(N)=NC(=O)C(N)CCC. The molecular formula is C13H23N3O2. The molecule has 1 atom stereocenters. The molecule has 0 aromatic carbocycles. The second-order valence-corrected chi connectivity index (χ2v) is 3.97. The molecule has 18 heavy (non-hydrogen) atoms. The van der Waals surface area contributed by atoms with E-state index >= 15 is 0 Å². The van der Waals surface area contributed by atoms with Crippen molar-refractivity contribution in [2.75, 3.05) is 0 Å². The number of carbonyl (C=O) groups excluding carboxylic acids is 1. The van der Waals surface area contributed by atoms with E-state index in [1.165, 1.54) is 6.08 Å². The summed E-state index contributed by atoms with van der Waals surface area (Å²) in [6.45, 7) is 5.67. The van der Waals surface area contributed by atoms with Crippen molar-refractivity contribution >= 4 is 11.7 Å². The lowest BCUT2D eigenvalue weighted by Gasteiger charge is -2.05. The van der Waals surface area contributed by atoms with Gasteiger partial charge < -0.3 is 16.6 Å². The molecule has 0 aromatic rings. The number of carbonyl (C=O) groups is 1. The largest absolute Gasteiger partial charge is 0.508 e. The predicted octanol–water partition coefficient (Wildman–Crippen LogP) is 1.80. The molecule has 0 aliphatic heterocycles. The maximum Gasteiger partial charge on any atom is 0.264 e. The fourth-order valence-corrected chi connectivity index (χ4v) is 1.44. The van der Waals surface area contributed by atoms with Crippen molar-refractivity contribution in [1.29, 1.82) is 0 Å². The van der Waals surface area contributed by atoms with Gasteiger partial charge in [0, 0.05) is 6.08 Å². The molecule has 0 aliphatic rings. The summed E-state index contributed by atoms with van der Waals surface area (Å²) in [5, 5.41) is 9.72. The summed E-state index contributed by atoms with van der Waals surface area (Å²) in [5.74, 6) is -0.466. The highest BCUT2D eigenvalue weighted by Crippen LogP contribution is 2.10. The standard InChI is InChI=1S/C13H23N3O2/c1-4-7-10(14)13(18)16-12(15)8-11(17)9(5-2)6-3/h5,8,10,17H,4,6-7,14H2,1-3H3,(H2,15,16,18)/b9-5+,11-8-. The number of amidine groups is 1. The summed E-state index contributed by atoms with van der Waals surface area (Å²) in [6, 6.07) is -0.628. The lowest BCUT2D eigenvalue weighted by molar-refractivity contribution is -0.119. The summed E-state index contributed by atoms with van der Waals surface area (Å²) < 4.78 is 0. The van der Waals surface area contributed by atoms with Gasteiger partial charge in [-0.15, -0.1) is 0 Å². The zero-order valence-corrected chi connectivity index (χ0v) is 11.3. The Labute approximate surface area is 108 Å². The Bertz CT molecular complexity index is 370. The number of hydrogen-bond acceptors (Lipinski definition) is 3. The molecule has 0 spiro atoms. The second-order valence-electron chi connectivity index (χ2n) is 3.97. The minimum atomic E-state index is -0.628. The van der Waals surface area contributed by atoms with Crippen LogP contribution < -0.4 is 11.5 Å². The molecule has 5 N–H and O–H groups in total. The number of amides is 1. The van der Waals surface area contributed by atoms with Crippen molar-refractivity contribution in [2.45, 2.75) is 46.1 Å². The van der Waals surface area contributed by atoms with Crippen LogP contribution in [0.2, 0.25) is 0 Å². The number of nitrogens with zero attached hydrogens (tertiary/aromatic N) is 1. The van der Waals surface area contributed by atoms with E-state index in [-0.39, 0.29) is 11.6 Å². The Morgan fingerprint density at radius 1 is 1.44 bits per heavy atom. The predicted molar refractivity (Wildman–Crippen MR) is 74.3 cm³/mol. The zero-order valence-electron chi connectivity index (χ0n) is 11.3. The van der Waals surface area contributed by atoms with Crippen LogP contribution in [0.4, 0.5) is 0 Å². The third-order valence-corrected chi connectivity index (χ3v) is 2.50. The summed E-state index contributed by atoms with van der Waals surface area (Å²) >= 11 is 0. The molecule has 0 fully saturated rings. The maximum absolute atomic E-state index is 11.5. The monoisotopic (exact) mass is 253 g/mol. The molecule has 1 amide bonds. The highest BCUT2D eigenvalue weighted by atomic mass is 16.3. The van der Waals surface area contributed by atoms with E-state index in [1.807, 2.05) is 20.8 Å². The summed E-state index contributed by atoms with van der Waals surface area (Å²) in [5.41, 5.74) is 11.9. The number of allylic oxidation sites excluding steroid dienone is 2. The zero-order chi connectivity index (χ0) is 14.1. The smallest absolute Gasteiger partial charge is 0.264 e. The van der Waals surface area contributed by atoms with E-state index in [4.69, 9.17) is 11.5 Å². The van der Waals surface area contributed by atoms with E-state index in [0.717, 1.165) is 12.0 Å². The number of rotatable bonds is 6. The molecule has 102 valence electrons. The summed E-state index contributed by atoms with van der Waals surface area (Å²) in [7, 11) is 0. The van der Waals surface area contributed by atoms with E-state index in [0.29, 0.717) is 12.8 Å². The quantitative estimate of drug-likeness (QED) is 0.291. The first-order valence-electron chi connectivity index (χ1n) is 6.16. The van der Waals surface area contributed by atoms with Gasteiger partial charge in [-0.3, -0.25) is 4.79 Å². The average Bonchev–Trinajstić information content (AvgIpc) is 2.30. The average molecular weight is 253 g/mol. The Balaban J connectivity index is 4.80. The van der Waals surface area contributed by atoms with Gasteiger partial charge >= 0.3 is 0 Å². The molecule has 0 bridgehead atoms. The molecular weight excluding hydrogens is 230 g/mol. The lowest BCUT2D eigenvalue weighted by Crippen LogP contribution is -2.30. The number of aliphatic hydroxyl groups excluding tert-OH is 1. The molecule has 5 nitrogen and oxygen atoms in total. The van der Waals surface area contributed by atoms with Gasteiger partial charge in [0.2, 0.25) is 0 Å². The fourth-order valence-electron chi connectivity index (χ4n) is 1.44. The number of nitrogens with two attached hydrogens (primary N) is 2. The van der Waals surface area contributed by atoms with Gasteiger partial charge in [-0.25, -0.2) is 0 Å². The van der Waals surface area contributed by atoms with Gasteiger partial charge in [-0.1, -0.05) is 26.3 Å². The van der Waals surface area contributed by atoms with Crippen LogP contribution >= 0.6 is 0 Å². The van der Waals surface area contributed by atoms with Gasteiger partial charge in [0.05, 0.1) is 6.04 Å². The van der Waals surface area contributed by atoms with Crippen LogP contribution in [0.1, 0.15) is 40.0 Å². The Morgan fingerprint density at radius 2 is 2.06 bits per heavy atom. The van der Waals surface area contributed by atoms with Gasteiger partial charge in [0.15, 0.2) is 0 Å². The first-order valence-corrected chi connectivity index (χ1v) is 6.16. The van der Waals surface area contributed by atoms with Gasteiger partial charge in [-0.2, -0.15) is 4.99 Å². The minimum absolute atomic E-state index is 0.0260. The van der Waals surface area contributed by atoms with E-state index in [2.05, 4.69) is 4.99 Å². The molecule has 0 rings (SSSR count). The summed E-state index contributed by atoms with van der Waals surface area (Å²) in [6.07, 6.45) is 5.11. The van der Waals surface area contributed by atoms with E-state index in [9.17, 15) is 9.90 Å². The van der Waals surface area contributed by atoms with Crippen LogP contribution in [0.3, 0.4) is 0 Å². The topological polar surface area (TPSA) is 102 Å². The van der Waals surface area contributed by atoms with Crippen molar-refractivity contribution in [2.24, 2.45) is 16.5 Å². The number of aliphatic hydroxyl groups is 1. The normalized spacial score (nSPS) is 15.7. The fraction of sp³-hybridized carbons (Fsp3) is 0.538. The number of hydrogen-bond donors (Lipinski definition) is 3. The Kier molecular flexibility index (Phi) is 7.71. The van der Waals surface area contributed by atoms with Crippen LogP contribution in [0.5, 0.6) is 0 Å². The van der Waals surface area contributed by atoms with Gasteiger partial charge in [0.25, 0.3) is 5.91 Å². The van der Waals surface area contributed by atoms with Gasteiger partial charge in [-0.05, 0) is 25.3 Å². The van der Waals surface area contributed by atoms with Crippen molar-refractivity contribution in [3.05, 3.63) is 23.5 Å². The lowest BCUT2D eigenvalue weighted by atomic mass is 10.1. The van der Waals surface area contributed by atoms with Crippen LogP contribution in [0.25, 0.3) is 0 Å². The van der Waals surface area contributed by atoms with Crippen molar-refractivity contribution in [3.63, 3.8) is 0 Å². The van der Waals surface area contributed by atoms with Crippen LogP contribution in [0, 0.1) is 0 Å². The van der Waals surface area contributed by atoms with Crippen LogP contribution in [-0.2, 0) is 4.79 Å². The molecule has 5 heteroatoms. The molecule has 1 unspecified atom stereocenters. The molecule has 0 radical (unpaired) electrons. The number of aliphatic imine (C=N–C) groups is 1. The minimum Gasteiger partial charge on any atom is -0.508 e. The highest BCUT2D eigenvalue weighted by molar-refractivity contribution is 6.01. The highest BCUT2D eigenvalue weighted by Gasteiger charge is 2.11. The van der Waals surface area contributed by atoms with Crippen molar-refractivity contribution < 1.29 is 9.90 Å². The molecule has 0 aliphatic carbocycles. The third kappa shape index (κ3) is 5.63. The van der Waals surface area contributed by atoms with E-state index in [1.54, 1.807) is 6.08 Å². The second kappa shape index (κ2) is 8.47. The molecule has 0 aromatic heterocycles. The Hall–Kier alpha value is -1.62. The molecule has 0 heterocycles.